The van der Waals surface area contributed by atoms with Crippen molar-refractivity contribution in [2.75, 3.05) is 13.2 Å². The SMILES string of the molecule is CCOC(=O)C1=C(C)NC(=S)NC1c1cc(Cl)c(O)c(OCC)c1. The largest absolute Gasteiger partial charge is 0.503 e. The fraction of sp³-hybridized carbons (Fsp3) is 0.375. The Bertz CT molecular complexity index is 706. The highest BCUT2D eigenvalue weighted by Crippen LogP contribution is 2.39. The van der Waals surface area contributed by atoms with Gasteiger partial charge in [0, 0.05) is 5.70 Å². The number of rotatable bonds is 5. The van der Waals surface area contributed by atoms with Crippen molar-refractivity contribution >= 4 is 34.9 Å². The number of thiocarbonyl (C=S) groups is 1. The van der Waals surface area contributed by atoms with Crippen molar-refractivity contribution in [3.63, 3.8) is 0 Å². The number of carbonyl (C=O) groups excluding carboxylic acids is 1. The van der Waals surface area contributed by atoms with Crippen molar-refractivity contribution < 1.29 is 19.4 Å². The summed E-state index contributed by atoms with van der Waals surface area (Å²) in [4.78, 5) is 12.3. The van der Waals surface area contributed by atoms with E-state index in [4.69, 9.17) is 33.3 Å². The maximum atomic E-state index is 12.3. The molecule has 3 N–H and O–H groups in total. The van der Waals surface area contributed by atoms with Gasteiger partial charge in [0.15, 0.2) is 16.6 Å². The molecule has 1 heterocycles. The van der Waals surface area contributed by atoms with Crippen molar-refractivity contribution in [1.82, 2.24) is 10.6 Å². The second-order valence-electron chi connectivity index (χ2n) is 5.07. The minimum absolute atomic E-state index is 0.128. The van der Waals surface area contributed by atoms with Gasteiger partial charge in [-0.1, -0.05) is 11.6 Å². The van der Waals surface area contributed by atoms with E-state index in [0.717, 1.165) is 0 Å². The van der Waals surface area contributed by atoms with E-state index in [2.05, 4.69) is 10.6 Å². The Morgan fingerprint density at radius 3 is 2.71 bits per heavy atom. The van der Waals surface area contributed by atoms with Gasteiger partial charge in [-0.2, -0.15) is 0 Å². The molecule has 1 aliphatic rings. The number of phenols is 1. The molecular weight excluding hydrogens is 352 g/mol. The van der Waals surface area contributed by atoms with Crippen LogP contribution in [0.4, 0.5) is 0 Å². The number of ether oxygens (including phenoxy) is 2. The molecule has 0 spiro atoms. The molecule has 0 aliphatic carbocycles. The molecule has 0 saturated heterocycles. The first-order valence-corrected chi connectivity index (χ1v) is 8.28. The number of hydrogen-bond acceptors (Lipinski definition) is 5. The van der Waals surface area contributed by atoms with Crippen LogP contribution in [0.25, 0.3) is 0 Å². The summed E-state index contributed by atoms with van der Waals surface area (Å²) in [5.74, 6) is -0.353. The number of halogens is 1. The zero-order valence-corrected chi connectivity index (χ0v) is 15.2. The van der Waals surface area contributed by atoms with Crippen LogP contribution in [0.15, 0.2) is 23.4 Å². The van der Waals surface area contributed by atoms with Gasteiger partial charge in [0.05, 0.1) is 29.9 Å². The summed E-state index contributed by atoms with van der Waals surface area (Å²) in [7, 11) is 0. The molecule has 6 nitrogen and oxygen atoms in total. The third kappa shape index (κ3) is 3.73. The van der Waals surface area contributed by atoms with Crippen LogP contribution in [0.1, 0.15) is 32.4 Å². The molecule has 1 aliphatic heterocycles. The number of phenolic OH excluding ortho intramolecular Hbond substituents is 1. The van der Waals surface area contributed by atoms with Crippen LogP contribution in [0.2, 0.25) is 5.02 Å². The van der Waals surface area contributed by atoms with Gasteiger partial charge in [-0.3, -0.25) is 0 Å². The number of nitrogens with one attached hydrogen (secondary N) is 2. The monoisotopic (exact) mass is 370 g/mol. The summed E-state index contributed by atoms with van der Waals surface area (Å²) < 4.78 is 10.5. The van der Waals surface area contributed by atoms with Gasteiger partial charge in [-0.05, 0) is 50.7 Å². The quantitative estimate of drug-likeness (QED) is 0.543. The number of benzene rings is 1. The van der Waals surface area contributed by atoms with Crippen LogP contribution < -0.4 is 15.4 Å². The predicted octanol–water partition coefficient (Wildman–Crippen LogP) is 2.80. The van der Waals surface area contributed by atoms with Crippen molar-refractivity contribution in [3.8, 4) is 11.5 Å². The lowest BCUT2D eigenvalue weighted by Gasteiger charge is -2.30. The van der Waals surface area contributed by atoms with E-state index in [-0.39, 0.29) is 23.1 Å². The first kappa shape index (κ1) is 18.4. The molecule has 0 amide bonds. The van der Waals surface area contributed by atoms with E-state index in [1.54, 1.807) is 32.9 Å². The predicted molar refractivity (Wildman–Crippen MR) is 95.2 cm³/mol. The zero-order chi connectivity index (χ0) is 17.9. The molecule has 0 saturated carbocycles. The van der Waals surface area contributed by atoms with Crippen LogP contribution in [0, 0.1) is 0 Å². The lowest BCUT2D eigenvalue weighted by Crippen LogP contribution is -2.45. The number of hydrogen-bond donors (Lipinski definition) is 3. The maximum Gasteiger partial charge on any atom is 0.338 e. The van der Waals surface area contributed by atoms with Gasteiger partial charge in [-0.15, -0.1) is 0 Å². The molecular formula is C16H19ClN2O4S. The fourth-order valence-corrected chi connectivity index (χ4v) is 2.94. The van der Waals surface area contributed by atoms with Crippen LogP contribution in [-0.2, 0) is 9.53 Å². The van der Waals surface area contributed by atoms with E-state index in [0.29, 0.717) is 28.6 Å². The Morgan fingerprint density at radius 2 is 2.08 bits per heavy atom. The maximum absolute atomic E-state index is 12.3. The Kier molecular flexibility index (Phi) is 5.90. The summed E-state index contributed by atoms with van der Waals surface area (Å²) in [5, 5.41) is 16.5. The molecule has 0 bridgehead atoms. The molecule has 1 atom stereocenters. The zero-order valence-electron chi connectivity index (χ0n) is 13.6. The summed E-state index contributed by atoms with van der Waals surface area (Å²) in [6.45, 7) is 5.91. The summed E-state index contributed by atoms with van der Waals surface area (Å²) in [6, 6.07) is 2.63. The number of carbonyl (C=O) groups is 1. The molecule has 1 aromatic carbocycles. The second-order valence-corrected chi connectivity index (χ2v) is 5.89. The Labute approximate surface area is 150 Å². The Balaban J connectivity index is 2.53. The molecule has 8 heteroatoms. The highest BCUT2D eigenvalue weighted by atomic mass is 35.5. The lowest BCUT2D eigenvalue weighted by atomic mass is 9.95. The van der Waals surface area contributed by atoms with Crippen molar-refractivity contribution in [2.45, 2.75) is 26.8 Å². The van der Waals surface area contributed by atoms with Gasteiger partial charge in [-0.25, -0.2) is 4.79 Å². The first-order valence-electron chi connectivity index (χ1n) is 7.49. The molecule has 24 heavy (non-hydrogen) atoms. The van der Waals surface area contributed by atoms with Crippen molar-refractivity contribution in [1.29, 1.82) is 0 Å². The minimum atomic E-state index is -0.560. The molecule has 1 unspecified atom stereocenters. The van der Waals surface area contributed by atoms with Gasteiger partial charge in [0.1, 0.15) is 0 Å². The van der Waals surface area contributed by atoms with Gasteiger partial charge >= 0.3 is 5.97 Å². The fourth-order valence-electron chi connectivity index (χ4n) is 2.45. The summed E-state index contributed by atoms with van der Waals surface area (Å²) in [6.07, 6.45) is 0. The first-order chi connectivity index (χ1) is 11.4. The average Bonchev–Trinajstić information content (AvgIpc) is 2.51. The van der Waals surface area contributed by atoms with E-state index < -0.39 is 12.0 Å². The van der Waals surface area contributed by atoms with Crippen LogP contribution in [0.5, 0.6) is 11.5 Å². The van der Waals surface area contributed by atoms with Crippen molar-refractivity contribution in [3.05, 3.63) is 34.0 Å². The van der Waals surface area contributed by atoms with Crippen molar-refractivity contribution in [2.24, 2.45) is 0 Å². The van der Waals surface area contributed by atoms with E-state index in [1.165, 1.54) is 0 Å². The molecule has 0 radical (unpaired) electrons. The van der Waals surface area contributed by atoms with Gasteiger partial charge in [0.25, 0.3) is 0 Å². The Hall–Kier alpha value is -1.99. The van der Waals surface area contributed by atoms with E-state index >= 15 is 0 Å². The van der Waals surface area contributed by atoms with Gasteiger partial charge < -0.3 is 25.2 Å². The lowest BCUT2D eigenvalue weighted by molar-refractivity contribution is -0.139. The Morgan fingerprint density at radius 1 is 1.38 bits per heavy atom. The second kappa shape index (κ2) is 7.72. The molecule has 1 aromatic rings. The highest BCUT2D eigenvalue weighted by molar-refractivity contribution is 7.80. The normalized spacial score (nSPS) is 17.2. The standard InChI is InChI=1S/C16H19ClN2O4S/c1-4-22-11-7-9(6-10(17)14(11)20)13-12(15(21)23-5-2)8(3)18-16(24)19-13/h6-7,13,20H,4-5H2,1-3H3,(H2,18,19,24). The molecule has 130 valence electrons. The minimum Gasteiger partial charge on any atom is -0.503 e. The van der Waals surface area contributed by atoms with Crippen LogP contribution >= 0.6 is 23.8 Å². The third-order valence-electron chi connectivity index (χ3n) is 3.45. The smallest absolute Gasteiger partial charge is 0.338 e. The topological polar surface area (TPSA) is 79.8 Å². The number of aromatic hydroxyl groups is 1. The van der Waals surface area contributed by atoms with Crippen LogP contribution in [0.3, 0.4) is 0 Å². The summed E-state index contributed by atoms with van der Waals surface area (Å²) >= 11 is 11.3. The molecule has 2 rings (SSSR count). The average molecular weight is 371 g/mol. The third-order valence-corrected chi connectivity index (χ3v) is 3.96. The van der Waals surface area contributed by atoms with E-state index in [9.17, 15) is 9.90 Å². The van der Waals surface area contributed by atoms with Gasteiger partial charge in [0.2, 0.25) is 0 Å². The highest BCUT2D eigenvalue weighted by Gasteiger charge is 2.31. The summed E-state index contributed by atoms with van der Waals surface area (Å²) in [5.41, 5.74) is 1.63. The molecule has 0 fully saturated rings. The number of esters is 1. The van der Waals surface area contributed by atoms with E-state index in [1.807, 2.05) is 0 Å². The number of allylic oxidation sites excluding steroid dienone is 1. The van der Waals surface area contributed by atoms with Crippen LogP contribution in [-0.4, -0.2) is 29.4 Å². The molecule has 0 aromatic heterocycles.